The van der Waals surface area contributed by atoms with Gasteiger partial charge in [-0.15, -0.1) is 0 Å². The van der Waals surface area contributed by atoms with E-state index in [4.69, 9.17) is 0 Å². The second-order valence-corrected chi connectivity index (χ2v) is 5.38. The van der Waals surface area contributed by atoms with Crippen molar-refractivity contribution in [3.05, 3.63) is 12.2 Å². The first-order valence-corrected chi connectivity index (χ1v) is 6.77. The Labute approximate surface area is 104 Å². The molecule has 2 rings (SSSR count). The third-order valence-electron chi connectivity index (χ3n) is 3.90. The molecule has 0 radical (unpaired) electrons. The van der Waals surface area contributed by atoms with Crippen LogP contribution in [0.1, 0.15) is 39.4 Å². The van der Waals surface area contributed by atoms with E-state index in [2.05, 4.69) is 36.2 Å². The Balaban J connectivity index is 2.06. The van der Waals surface area contributed by atoms with E-state index in [0.29, 0.717) is 5.41 Å². The van der Waals surface area contributed by atoms with Crippen LogP contribution in [0.3, 0.4) is 0 Å². The first-order valence-electron chi connectivity index (χ1n) is 6.77. The summed E-state index contributed by atoms with van der Waals surface area (Å²) in [4.78, 5) is 4.41. The van der Waals surface area contributed by atoms with E-state index in [0.717, 1.165) is 37.8 Å². The molecule has 1 saturated carbocycles. The maximum absolute atomic E-state index is 4.41. The van der Waals surface area contributed by atoms with Crippen LogP contribution in [-0.4, -0.2) is 27.9 Å². The molecule has 4 heteroatoms. The molecule has 0 bridgehead atoms. The quantitative estimate of drug-likeness (QED) is 0.786. The number of hydrogen-bond donors (Lipinski definition) is 1. The van der Waals surface area contributed by atoms with E-state index in [9.17, 15) is 0 Å². The van der Waals surface area contributed by atoms with Crippen LogP contribution in [-0.2, 0) is 13.0 Å². The Kier molecular flexibility index (Phi) is 3.82. The molecule has 0 amide bonds. The third-order valence-corrected chi connectivity index (χ3v) is 3.90. The minimum atomic E-state index is 0.343. The van der Waals surface area contributed by atoms with Crippen LogP contribution >= 0.6 is 0 Å². The summed E-state index contributed by atoms with van der Waals surface area (Å²) in [7, 11) is 0. The van der Waals surface area contributed by atoms with Gasteiger partial charge in [0.15, 0.2) is 0 Å². The van der Waals surface area contributed by atoms with Crippen molar-refractivity contribution in [2.45, 2.75) is 46.6 Å². The summed E-state index contributed by atoms with van der Waals surface area (Å²) in [6.45, 7) is 9.73. The van der Waals surface area contributed by atoms with Gasteiger partial charge in [-0.2, -0.15) is 5.10 Å². The van der Waals surface area contributed by atoms with Gasteiger partial charge in [0.1, 0.15) is 12.2 Å². The number of aromatic nitrogens is 3. The van der Waals surface area contributed by atoms with Crippen LogP contribution in [0.5, 0.6) is 0 Å². The second kappa shape index (κ2) is 5.17. The monoisotopic (exact) mass is 236 g/mol. The van der Waals surface area contributed by atoms with Crippen molar-refractivity contribution in [2.75, 3.05) is 13.1 Å². The van der Waals surface area contributed by atoms with Crippen molar-refractivity contribution in [2.24, 2.45) is 11.3 Å². The molecule has 17 heavy (non-hydrogen) atoms. The molecular weight excluding hydrogens is 212 g/mol. The van der Waals surface area contributed by atoms with Crippen LogP contribution in [0.25, 0.3) is 0 Å². The van der Waals surface area contributed by atoms with Crippen molar-refractivity contribution >= 4 is 0 Å². The summed E-state index contributed by atoms with van der Waals surface area (Å²) in [5.74, 6) is 2.00. The molecule has 0 saturated heterocycles. The molecule has 0 spiro atoms. The molecule has 0 aromatic carbocycles. The molecule has 1 aromatic heterocycles. The van der Waals surface area contributed by atoms with Gasteiger partial charge in [-0.1, -0.05) is 13.8 Å². The fraction of sp³-hybridized carbons (Fsp3) is 0.846. The van der Waals surface area contributed by atoms with Gasteiger partial charge in [-0.25, -0.2) is 4.98 Å². The van der Waals surface area contributed by atoms with Crippen LogP contribution in [0.2, 0.25) is 0 Å². The minimum absolute atomic E-state index is 0.343. The fourth-order valence-electron chi connectivity index (χ4n) is 2.59. The van der Waals surface area contributed by atoms with Gasteiger partial charge in [-0.3, -0.25) is 4.68 Å². The highest BCUT2D eigenvalue weighted by Crippen LogP contribution is 2.46. The standard InChI is InChI=1S/C13H24N4/c1-4-14-9-13(3,11-6-7-11)8-12-15-10-16-17(12)5-2/h10-11,14H,4-9H2,1-3H3. The summed E-state index contributed by atoms with van der Waals surface area (Å²) < 4.78 is 2.02. The van der Waals surface area contributed by atoms with E-state index in [1.54, 1.807) is 6.33 Å². The van der Waals surface area contributed by atoms with E-state index >= 15 is 0 Å². The van der Waals surface area contributed by atoms with Gasteiger partial charge in [0.05, 0.1) is 0 Å². The van der Waals surface area contributed by atoms with Crippen molar-refractivity contribution in [3.8, 4) is 0 Å². The number of nitrogens with zero attached hydrogens (tertiary/aromatic N) is 3. The topological polar surface area (TPSA) is 42.7 Å². The van der Waals surface area contributed by atoms with Gasteiger partial charge in [0.2, 0.25) is 0 Å². The number of aryl methyl sites for hydroxylation is 1. The lowest BCUT2D eigenvalue weighted by Gasteiger charge is -2.29. The Morgan fingerprint density at radius 3 is 2.82 bits per heavy atom. The van der Waals surface area contributed by atoms with E-state index in [1.165, 1.54) is 12.8 Å². The average molecular weight is 236 g/mol. The molecule has 1 N–H and O–H groups in total. The van der Waals surface area contributed by atoms with Crippen molar-refractivity contribution in [1.29, 1.82) is 0 Å². The normalized spacial score (nSPS) is 19.2. The van der Waals surface area contributed by atoms with Crippen LogP contribution < -0.4 is 5.32 Å². The van der Waals surface area contributed by atoms with Crippen LogP contribution in [0, 0.1) is 11.3 Å². The molecule has 4 nitrogen and oxygen atoms in total. The van der Waals surface area contributed by atoms with Crippen LogP contribution in [0.15, 0.2) is 6.33 Å². The van der Waals surface area contributed by atoms with Crippen molar-refractivity contribution < 1.29 is 0 Å². The molecule has 1 aliphatic rings. The van der Waals surface area contributed by atoms with Gasteiger partial charge < -0.3 is 5.32 Å². The first kappa shape index (κ1) is 12.6. The lowest BCUT2D eigenvalue weighted by molar-refractivity contribution is 0.248. The molecule has 1 atom stereocenters. The molecule has 1 aromatic rings. The zero-order chi connectivity index (χ0) is 12.3. The molecule has 1 heterocycles. The van der Waals surface area contributed by atoms with Crippen molar-refractivity contribution in [1.82, 2.24) is 20.1 Å². The Hall–Kier alpha value is -0.900. The van der Waals surface area contributed by atoms with Gasteiger partial charge >= 0.3 is 0 Å². The molecule has 1 aliphatic carbocycles. The fourth-order valence-corrected chi connectivity index (χ4v) is 2.59. The third kappa shape index (κ3) is 2.86. The Bertz CT molecular complexity index is 356. The predicted octanol–water partition coefficient (Wildman–Crippen LogP) is 1.87. The summed E-state index contributed by atoms with van der Waals surface area (Å²) in [6, 6.07) is 0. The lowest BCUT2D eigenvalue weighted by Crippen LogP contribution is -2.36. The Morgan fingerprint density at radius 1 is 1.47 bits per heavy atom. The molecule has 0 aliphatic heterocycles. The van der Waals surface area contributed by atoms with E-state index < -0.39 is 0 Å². The smallest absolute Gasteiger partial charge is 0.138 e. The second-order valence-electron chi connectivity index (χ2n) is 5.38. The Morgan fingerprint density at radius 2 is 2.24 bits per heavy atom. The first-order chi connectivity index (χ1) is 8.19. The lowest BCUT2D eigenvalue weighted by atomic mass is 9.81. The zero-order valence-electron chi connectivity index (χ0n) is 11.2. The SMILES string of the molecule is CCNCC(C)(Cc1ncnn1CC)C1CC1. The maximum Gasteiger partial charge on any atom is 0.138 e. The van der Waals surface area contributed by atoms with E-state index in [-0.39, 0.29) is 0 Å². The minimum Gasteiger partial charge on any atom is -0.316 e. The number of nitrogens with one attached hydrogen (secondary N) is 1. The highest BCUT2D eigenvalue weighted by atomic mass is 15.3. The van der Waals surface area contributed by atoms with E-state index in [1.807, 2.05) is 4.68 Å². The predicted molar refractivity (Wildman–Crippen MR) is 68.8 cm³/mol. The summed E-state index contributed by atoms with van der Waals surface area (Å²) in [6.07, 6.45) is 5.47. The number of rotatable bonds is 7. The highest BCUT2D eigenvalue weighted by Gasteiger charge is 2.41. The molecule has 96 valence electrons. The average Bonchev–Trinajstić information content (AvgIpc) is 3.09. The summed E-state index contributed by atoms with van der Waals surface area (Å²) in [5.41, 5.74) is 0.343. The number of hydrogen-bond acceptors (Lipinski definition) is 3. The molecular formula is C13H24N4. The zero-order valence-corrected chi connectivity index (χ0v) is 11.2. The highest BCUT2D eigenvalue weighted by molar-refractivity contribution is 5.00. The van der Waals surface area contributed by atoms with Gasteiger partial charge in [0, 0.05) is 19.5 Å². The molecule has 1 unspecified atom stereocenters. The van der Waals surface area contributed by atoms with Crippen molar-refractivity contribution in [3.63, 3.8) is 0 Å². The summed E-state index contributed by atoms with van der Waals surface area (Å²) >= 11 is 0. The van der Waals surface area contributed by atoms with Gasteiger partial charge in [0.25, 0.3) is 0 Å². The largest absolute Gasteiger partial charge is 0.316 e. The van der Waals surface area contributed by atoms with Crippen LogP contribution in [0.4, 0.5) is 0 Å². The van der Waals surface area contributed by atoms with Gasteiger partial charge in [-0.05, 0) is 37.6 Å². The molecule has 1 fully saturated rings. The summed E-state index contributed by atoms with van der Waals surface area (Å²) in [5, 5.41) is 7.77. The maximum atomic E-state index is 4.41.